The molecule has 5 heteroatoms. The van der Waals surface area contributed by atoms with Gasteiger partial charge in [0.2, 0.25) is 0 Å². The predicted molar refractivity (Wildman–Crippen MR) is 94.0 cm³/mol. The van der Waals surface area contributed by atoms with Gasteiger partial charge in [-0.25, -0.2) is 9.37 Å². The number of hydrogen-bond acceptors (Lipinski definition) is 4. The first-order valence-corrected chi connectivity index (χ1v) is 8.06. The van der Waals surface area contributed by atoms with Crippen LogP contribution in [0.5, 0.6) is 5.75 Å². The summed E-state index contributed by atoms with van der Waals surface area (Å²) in [7, 11) is 1.59. The number of para-hydroxylation sites is 1. The average Bonchev–Trinajstić information content (AvgIpc) is 3.10. The molecule has 24 heavy (non-hydrogen) atoms. The second-order valence-corrected chi connectivity index (χ2v) is 5.81. The van der Waals surface area contributed by atoms with Crippen LogP contribution in [0.2, 0.25) is 0 Å². The number of rotatable bonds is 4. The van der Waals surface area contributed by atoms with E-state index in [-0.39, 0.29) is 5.82 Å². The summed E-state index contributed by atoms with van der Waals surface area (Å²) in [5.41, 5.74) is 2.80. The van der Waals surface area contributed by atoms with Crippen molar-refractivity contribution in [1.29, 1.82) is 5.26 Å². The molecular formula is C19H13FN2OS. The van der Waals surface area contributed by atoms with Crippen molar-refractivity contribution in [1.82, 2.24) is 4.98 Å². The number of allylic oxidation sites excluding steroid dienone is 1. The predicted octanol–water partition coefficient (Wildman–Crippen LogP) is 5.02. The summed E-state index contributed by atoms with van der Waals surface area (Å²) in [6.45, 7) is 0. The number of aromatic nitrogens is 1. The SMILES string of the molecule is COc1ccccc1C=C(C#N)c1nc(-c2ccc(F)cc2)cs1. The topological polar surface area (TPSA) is 45.9 Å². The number of thiazole rings is 1. The first kappa shape index (κ1) is 15.9. The lowest BCUT2D eigenvalue weighted by molar-refractivity contribution is 0.414. The van der Waals surface area contributed by atoms with Gasteiger partial charge in [-0.1, -0.05) is 18.2 Å². The molecule has 0 aliphatic heterocycles. The van der Waals surface area contributed by atoms with Gasteiger partial charge in [0.1, 0.15) is 22.6 Å². The van der Waals surface area contributed by atoms with E-state index in [1.54, 1.807) is 25.3 Å². The fourth-order valence-electron chi connectivity index (χ4n) is 2.23. The number of benzene rings is 2. The van der Waals surface area contributed by atoms with Crippen LogP contribution >= 0.6 is 11.3 Å². The van der Waals surface area contributed by atoms with Crippen LogP contribution < -0.4 is 4.74 Å². The molecule has 3 rings (SSSR count). The highest BCUT2D eigenvalue weighted by molar-refractivity contribution is 7.11. The fraction of sp³-hybridized carbons (Fsp3) is 0.0526. The lowest BCUT2D eigenvalue weighted by Gasteiger charge is -2.04. The van der Waals surface area contributed by atoms with E-state index in [0.29, 0.717) is 16.3 Å². The van der Waals surface area contributed by atoms with Gasteiger partial charge in [0, 0.05) is 16.5 Å². The highest BCUT2D eigenvalue weighted by Gasteiger charge is 2.10. The Balaban J connectivity index is 1.96. The molecule has 0 aliphatic rings. The van der Waals surface area contributed by atoms with Crippen LogP contribution in [0, 0.1) is 17.1 Å². The molecule has 1 aromatic heterocycles. The maximum absolute atomic E-state index is 13.0. The van der Waals surface area contributed by atoms with Crippen LogP contribution in [0.25, 0.3) is 22.9 Å². The molecule has 118 valence electrons. The molecule has 0 aliphatic carbocycles. The van der Waals surface area contributed by atoms with Gasteiger partial charge in [0.05, 0.1) is 18.4 Å². The number of methoxy groups -OCH3 is 1. The van der Waals surface area contributed by atoms with E-state index in [4.69, 9.17) is 4.74 Å². The van der Waals surface area contributed by atoms with Gasteiger partial charge in [-0.05, 0) is 36.4 Å². The van der Waals surface area contributed by atoms with Gasteiger partial charge in [0.15, 0.2) is 0 Å². The molecule has 0 saturated carbocycles. The molecular weight excluding hydrogens is 323 g/mol. The number of nitrogens with zero attached hydrogens (tertiary/aromatic N) is 2. The monoisotopic (exact) mass is 336 g/mol. The zero-order valence-corrected chi connectivity index (χ0v) is 13.7. The summed E-state index contributed by atoms with van der Waals surface area (Å²) in [6.07, 6.45) is 1.76. The fourth-order valence-corrected chi connectivity index (χ4v) is 3.03. The van der Waals surface area contributed by atoms with Crippen LogP contribution in [0.3, 0.4) is 0 Å². The molecule has 0 fully saturated rings. The third-order valence-corrected chi connectivity index (χ3v) is 4.31. The van der Waals surface area contributed by atoms with Crippen LogP contribution in [0.1, 0.15) is 10.6 Å². The highest BCUT2D eigenvalue weighted by Crippen LogP contribution is 2.29. The maximum atomic E-state index is 13.0. The molecule has 3 aromatic rings. The molecule has 0 unspecified atom stereocenters. The van der Waals surface area contributed by atoms with Crippen molar-refractivity contribution in [2.75, 3.05) is 7.11 Å². The summed E-state index contributed by atoms with van der Waals surface area (Å²) in [5.74, 6) is 0.406. The molecule has 0 spiro atoms. The third kappa shape index (κ3) is 3.34. The number of ether oxygens (including phenoxy) is 1. The van der Waals surface area contributed by atoms with Crippen molar-refractivity contribution in [2.24, 2.45) is 0 Å². The molecule has 0 saturated heterocycles. The maximum Gasteiger partial charge on any atom is 0.134 e. The van der Waals surface area contributed by atoms with Crippen molar-refractivity contribution in [3.8, 4) is 23.1 Å². The quantitative estimate of drug-likeness (QED) is 0.628. The smallest absolute Gasteiger partial charge is 0.134 e. The summed E-state index contributed by atoms with van der Waals surface area (Å²) in [4.78, 5) is 4.50. The molecule has 0 amide bonds. The van der Waals surface area contributed by atoms with Crippen LogP contribution in [0.4, 0.5) is 4.39 Å². The third-order valence-electron chi connectivity index (χ3n) is 3.43. The Kier molecular flexibility index (Phi) is 4.69. The Bertz CT molecular complexity index is 923. The van der Waals surface area contributed by atoms with Gasteiger partial charge in [-0.15, -0.1) is 11.3 Å². The lowest BCUT2D eigenvalue weighted by atomic mass is 10.1. The summed E-state index contributed by atoms with van der Waals surface area (Å²) >= 11 is 1.38. The van der Waals surface area contributed by atoms with Crippen molar-refractivity contribution in [3.63, 3.8) is 0 Å². The van der Waals surface area contributed by atoms with Gasteiger partial charge in [-0.3, -0.25) is 0 Å². The second kappa shape index (κ2) is 7.07. The van der Waals surface area contributed by atoms with E-state index in [2.05, 4.69) is 11.1 Å². The molecule has 0 atom stereocenters. The Morgan fingerprint density at radius 3 is 2.67 bits per heavy atom. The zero-order valence-electron chi connectivity index (χ0n) is 12.9. The Labute approximate surface area is 143 Å². The van der Waals surface area contributed by atoms with E-state index < -0.39 is 0 Å². The first-order chi connectivity index (χ1) is 11.7. The molecule has 1 heterocycles. The molecule has 0 radical (unpaired) electrons. The van der Waals surface area contributed by atoms with Gasteiger partial charge in [0.25, 0.3) is 0 Å². The normalized spacial score (nSPS) is 11.1. The minimum atomic E-state index is -0.289. The first-order valence-electron chi connectivity index (χ1n) is 7.18. The van der Waals surface area contributed by atoms with Crippen molar-refractivity contribution >= 4 is 23.0 Å². The van der Waals surface area contributed by atoms with Crippen molar-refractivity contribution in [3.05, 3.63) is 70.3 Å². The molecule has 2 aromatic carbocycles. The Morgan fingerprint density at radius 1 is 1.21 bits per heavy atom. The molecule has 0 bridgehead atoms. The van der Waals surface area contributed by atoms with Gasteiger partial charge >= 0.3 is 0 Å². The number of nitriles is 1. The van der Waals surface area contributed by atoms with Crippen LogP contribution in [-0.4, -0.2) is 12.1 Å². The van der Waals surface area contributed by atoms with Crippen LogP contribution in [-0.2, 0) is 0 Å². The molecule has 0 N–H and O–H groups in total. The summed E-state index contributed by atoms with van der Waals surface area (Å²) in [5, 5.41) is 11.9. The summed E-state index contributed by atoms with van der Waals surface area (Å²) < 4.78 is 18.3. The number of hydrogen-bond donors (Lipinski definition) is 0. The largest absolute Gasteiger partial charge is 0.496 e. The van der Waals surface area contributed by atoms with Crippen molar-refractivity contribution < 1.29 is 9.13 Å². The lowest BCUT2D eigenvalue weighted by Crippen LogP contribution is -1.87. The van der Waals surface area contributed by atoms with Crippen LogP contribution in [0.15, 0.2) is 53.9 Å². The Hall–Kier alpha value is -2.97. The summed E-state index contributed by atoms with van der Waals surface area (Å²) in [6, 6.07) is 15.8. The molecule has 3 nitrogen and oxygen atoms in total. The van der Waals surface area contributed by atoms with E-state index in [1.165, 1.54) is 23.5 Å². The average molecular weight is 336 g/mol. The standard InChI is InChI=1S/C19H13FN2OS/c1-23-18-5-3-2-4-14(18)10-15(11-21)19-22-17(12-24-19)13-6-8-16(20)9-7-13/h2-10,12H,1H3. The minimum absolute atomic E-state index is 0.289. The number of halogens is 1. The minimum Gasteiger partial charge on any atom is -0.496 e. The zero-order chi connectivity index (χ0) is 16.9. The van der Waals surface area contributed by atoms with E-state index >= 15 is 0 Å². The van der Waals surface area contributed by atoms with E-state index in [9.17, 15) is 9.65 Å². The van der Waals surface area contributed by atoms with E-state index in [1.807, 2.05) is 29.6 Å². The van der Waals surface area contributed by atoms with Gasteiger partial charge < -0.3 is 4.74 Å². The highest BCUT2D eigenvalue weighted by atomic mass is 32.1. The second-order valence-electron chi connectivity index (χ2n) is 4.96. The van der Waals surface area contributed by atoms with E-state index in [0.717, 1.165) is 16.8 Å². The van der Waals surface area contributed by atoms with Crippen molar-refractivity contribution in [2.45, 2.75) is 0 Å². The van der Waals surface area contributed by atoms with Gasteiger partial charge in [-0.2, -0.15) is 5.26 Å². The Morgan fingerprint density at radius 2 is 1.96 bits per heavy atom.